The van der Waals surface area contributed by atoms with E-state index in [0.717, 1.165) is 28.7 Å². The van der Waals surface area contributed by atoms with Crippen LogP contribution in [0, 0.1) is 5.82 Å². The smallest absolute Gasteiger partial charge is 0.270 e. The Hall–Kier alpha value is -4.09. The van der Waals surface area contributed by atoms with Gasteiger partial charge in [0, 0.05) is 31.0 Å². The molecule has 0 aliphatic carbocycles. The molecule has 4 heterocycles. The number of rotatable bonds is 7. The zero-order valence-electron chi connectivity index (χ0n) is 19.1. The number of morpholine rings is 1. The minimum atomic E-state index is -0.496. The van der Waals surface area contributed by atoms with Crippen LogP contribution in [-0.2, 0) is 11.3 Å². The molecule has 12 heteroatoms. The van der Waals surface area contributed by atoms with Gasteiger partial charge in [0.2, 0.25) is 0 Å². The maximum Gasteiger partial charge on any atom is 0.270 e. The predicted octanol–water partition coefficient (Wildman–Crippen LogP) is 4.99. The van der Waals surface area contributed by atoms with Crippen molar-refractivity contribution in [3.63, 3.8) is 0 Å². The van der Waals surface area contributed by atoms with E-state index < -0.39 is 5.82 Å². The van der Waals surface area contributed by atoms with Crippen molar-refractivity contribution in [3.05, 3.63) is 78.0 Å². The Labute approximate surface area is 211 Å². The summed E-state index contributed by atoms with van der Waals surface area (Å²) in [5.41, 5.74) is 4.02. The van der Waals surface area contributed by atoms with Crippen LogP contribution in [0.15, 0.2) is 71.7 Å². The first-order valence-corrected chi connectivity index (χ1v) is 11.5. The van der Waals surface area contributed by atoms with E-state index in [1.807, 2.05) is 35.2 Å². The van der Waals surface area contributed by atoms with Gasteiger partial charge in [-0.1, -0.05) is 17.7 Å². The quantitative estimate of drug-likeness (QED) is 0.349. The van der Waals surface area contributed by atoms with Crippen LogP contribution in [0.5, 0.6) is 0 Å². The summed E-state index contributed by atoms with van der Waals surface area (Å²) in [7, 11) is 0. The molecular weight excluding hydrogens is 485 g/mol. The molecule has 0 unspecified atom stereocenters. The first-order valence-electron chi connectivity index (χ1n) is 11.2. The highest BCUT2D eigenvalue weighted by Gasteiger charge is 2.17. The molecule has 1 aliphatic heterocycles. The number of hydrogen-bond donors (Lipinski definition) is 1. The summed E-state index contributed by atoms with van der Waals surface area (Å²) >= 11 is 6.46. The minimum absolute atomic E-state index is 0.0938. The van der Waals surface area contributed by atoms with Crippen LogP contribution in [0.25, 0.3) is 11.1 Å². The van der Waals surface area contributed by atoms with Crippen molar-refractivity contribution in [2.45, 2.75) is 6.54 Å². The maximum absolute atomic E-state index is 14.1. The summed E-state index contributed by atoms with van der Waals surface area (Å²) in [5.74, 6) is -0.194. The van der Waals surface area contributed by atoms with E-state index in [2.05, 4.69) is 40.5 Å². The lowest BCUT2D eigenvalue weighted by molar-refractivity contribution is 0.122. The number of hydrogen-bond acceptors (Lipinski definition) is 10. The lowest BCUT2D eigenvalue weighted by atomic mass is 10.1. The van der Waals surface area contributed by atoms with Crippen molar-refractivity contribution in [2.24, 2.45) is 10.2 Å². The fraction of sp³-hybridized carbons (Fsp3) is 0.208. The van der Waals surface area contributed by atoms with Crippen molar-refractivity contribution in [2.75, 3.05) is 36.5 Å². The molecule has 0 radical (unpaired) electrons. The van der Waals surface area contributed by atoms with Crippen LogP contribution in [-0.4, -0.2) is 51.2 Å². The van der Waals surface area contributed by atoms with Crippen molar-refractivity contribution < 1.29 is 9.13 Å². The average molecular weight is 506 g/mol. The number of nitrogens with one attached hydrogen (secondary N) is 1. The zero-order valence-corrected chi connectivity index (χ0v) is 19.8. The number of anilines is 3. The monoisotopic (exact) mass is 505 g/mol. The summed E-state index contributed by atoms with van der Waals surface area (Å²) in [6, 6.07) is 9.39. The second-order valence-electron chi connectivity index (χ2n) is 7.83. The van der Waals surface area contributed by atoms with E-state index in [4.69, 9.17) is 16.3 Å². The molecule has 1 aromatic carbocycles. The molecule has 1 fully saturated rings. The van der Waals surface area contributed by atoms with Gasteiger partial charge in [-0.25, -0.2) is 19.3 Å². The highest BCUT2D eigenvalue weighted by atomic mass is 35.5. The topological polar surface area (TPSA) is 114 Å². The van der Waals surface area contributed by atoms with Gasteiger partial charge in [-0.15, -0.1) is 5.11 Å². The largest absolute Gasteiger partial charge is 0.378 e. The molecule has 0 amide bonds. The standard InChI is InChI=1S/C24H21ClFN9O/c25-20-9-16(17-10-27-15-28-11-17)1-4-22(20)32-19-3-2-18(29-12-19)13-31-34-24-30-14-21(26)23(33-24)35-5-7-36-8-6-35/h1-4,9-12,14-15,32H,5-8,13H2. The first kappa shape index (κ1) is 23.6. The summed E-state index contributed by atoms with van der Waals surface area (Å²) in [5, 5.41) is 12.0. The number of halogens is 2. The minimum Gasteiger partial charge on any atom is -0.378 e. The fourth-order valence-electron chi connectivity index (χ4n) is 3.56. The van der Waals surface area contributed by atoms with Crippen LogP contribution in [0.3, 0.4) is 0 Å². The van der Waals surface area contributed by atoms with Crippen molar-refractivity contribution in [3.8, 4) is 11.1 Å². The summed E-state index contributed by atoms with van der Waals surface area (Å²) in [6.45, 7) is 2.40. The van der Waals surface area contributed by atoms with Gasteiger partial charge in [-0.2, -0.15) is 10.1 Å². The van der Waals surface area contributed by atoms with Crippen molar-refractivity contribution >= 4 is 34.7 Å². The Balaban J connectivity index is 1.20. The Morgan fingerprint density at radius 2 is 1.83 bits per heavy atom. The van der Waals surface area contributed by atoms with Crippen LogP contribution >= 0.6 is 11.6 Å². The van der Waals surface area contributed by atoms with E-state index in [-0.39, 0.29) is 18.3 Å². The van der Waals surface area contributed by atoms with Gasteiger partial charge in [0.15, 0.2) is 11.6 Å². The van der Waals surface area contributed by atoms with Gasteiger partial charge in [0.25, 0.3) is 5.95 Å². The average Bonchev–Trinajstić information content (AvgIpc) is 2.93. The normalized spacial score (nSPS) is 13.8. The third-order valence-electron chi connectivity index (χ3n) is 5.38. The molecule has 10 nitrogen and oxygen atoms in total. The van der Waals surface area contributed by atoms with Crippen LogP contribution in [0.1, 0.15) is 5.69 Å². The Kier molecular flexibility index (Phi) is 7.29. The molecule has 36 heavy (non-hydrogen) atoms. The highest BCUT2D eigenvalue weighted by molar-refractivity contribution is 6.33. The number of azo groups is 1. The van der Waals surface area contributed by atoms with E-state index >= 15 is 0 Å². The van der Waals surface area contributed by atoms with Gasteiger partial charge in [0.05, 0.1) is 47.7 Å². The fourth-order valence-corrected chi connectivity index (χ4v) is 3.78. The zero-order chi connectivity index (χ0) is 24.7. The highest BCUT2D eigenvalue weighted by Crippen LogP contribution is 2.30. The van der Waals surface area contributed by atoms with Crippen LogP contribution in [0.4, 0.5) is 27.5 Å². The van der Waals surface area contributed by atoms with Crippen LogP contribution in [0.2, 0.25) is 5.02 Å². The number of pyridine rings is 1. The van der Waals surface area contributed by atoms with Gasteiger partial charge in [-0.3, -0.25) is 4.98 Å². The SMILES string of the molecule is Fc1cnc(N=NCc2ccc(Nc3ccc(-c4cncnc4)cc3Cl)cn2)nc1N1CCOCC1. The molecule has 0 spiro atoms. The van der Waals surface area contributed by atoms with E-state index in [9.17, 15) is 4.39 Å². The van der Waals surface area contributed by atoms with Gasteiger partial charge >= 0.3 is 0 Å². The second kappa shape index (κ2) is 11.1. The molecule has 4 aromatic rings. The van der Waals surface area contributed by atoms with Crippen LogP contribution < -0.4 is 10.2 Å². The van der Waals surface area contributed by atoms with Gasteiger partial charge in [-0.05, 0) is 29.8 Å². The summed E-state index contributed by atoms with van der Waals surface area (Å²) in [4.78, 5) is 22.4. The molecule has 3 aromatic heterocycles. The predicted molar refractivity (Wildman–Crippen MR) is 133 cm³/mol. The number of benzene rings is 1. The third kappa shape index (κ3) is 5.75. The number of nitrogens with zero attached hydrogens (tertiary/aromatic N) is 8. The number of aromatic nitrogens is 5. The van der Waals surface area contributed by atoms with Gasteiger partial charge in [0.1, 0.15) is 12.9 Å². The van der Waals surface area contributed by atoms with Gasteiger partial charge < -0.3 is 15.0 Å². The van der Waals surface area contributed by atoms with E-state index in [0.29, 0.717) is 37.0 Å². The lowest BCUT2D eigenvalue weighted by Crippen LogP contribution is -2.37. The Morgan fingerprint density at radius 3 is 2.58 bits per heavy atom. The molecule has 0 atom stereocenters. The van der Waals surface area contributed by atoms with Crippen molar-refractivity contribution in [1.82, 2.24) is 24.9 Å². The molecule has 0 bridgehead atoms. The Bertz CT molecular complexity index is 1350. The van der Waals surface area contributed by atoms with E-state index in [1.165, 1.54) is 6.33 Å². The molecule has 1 saturated heterocycles. The van der Waals surface area contributed by atoms with E-state index in [1.54, 1.807) is 18.6 Å². The second-order valence-corrected chi connectivity index (χ2v) is 8.23. The Morgan fingerprint density at radius 1 is 1.00 bits per heavy atom. The number of ether oxygens (including phenoxy) is 1. The first-order chi connectivity index (χ1) is 17.7. The molecule has 182 valence electrons. The maximum atomic E-state index is 14.1. The molecule has 1 aliphatic rings. The molecular formula is C24H21ClFN9O. The molecule has 1 N–H and O–H groups in total. The van der Waals surface area contributed by atoms with Crippen molar-refractivity contribution in [1.29, 1.82) is 0 Å². The summed E-state index contributed by atoms with van der Waals surface area (Å²) < 4.78 is 19.5. The molecule has 5 rings (SSSR count). The summed E-state index contributed by atoms with van der Waals surface area (Å²) in [6.07, 6.45) is 7.74. The lowest BCUT2D eigenvalue weighted by Gasteiger charge is -2.27. The third-order valence-corrected chi connectivity index (χ3v) is 5.70. The molecule has 0 saturated carbocycles.